The Kier molecular flexibility index (Phi) is 4.18. The summed E-state index contributed by atoms with van der Waals surface area (Å²) in [6.07, 6.45) is 4.19. The second-order valence-electron chi connectivity index (χ2n) is 6.91. The van der Waals surface area contributed by atoms with Crippen molar-refractivity contribution >= 4 is 11.9 Å². The van der Waals surface area contributed by atoms with E-state index < -0.39 is 17.0 Å². The molecule has 0 bridgehead atoms. The molecule has 0 spiro atoms. The molecule has 1 N–H and O–H groups in total. The van der Waals surface area contributed by atoms with E-state index in [4.69, 9.17) is 0 Å². The summed E-state index contributed by atoms with van der Waals surface area (Å²) in [7, 11) is 0. The number of nitrogens with zero attached hydrogens (tertiary/aromatic N) is 4. The molecule has 1 amide bonds. The molecular weight excluding hydrogens is 352 g/mol. The number of benzene rings is 1. The fraction of sp³-hybridized carbons (Fsp3) is 0.263. The number of carbonyl (C=O) groups excluding carboxylic acids is 1. The van der Waals surface area contributed by atoms with Gasteiger partial charge in [-0.05, 0) is 42.7 Å². The highest BCUT2D eigenvalue weighted by Crippen LogP contribution is 2.37. The van der Waals surface area contributed by atoms with Crippen molar-refractivity contribution in [2.24, 2.45) is 5.41 Å². The molecule has 1 aliphatic heterocycles. The molecular formula is C19H17F2N5O. The largest absolute Gasteiger partial charge is 0.281 e. The van der Waals surface area contributed by atoms with Crippen molar-refractivity contribution in [3.63, 3.8) is 0 Å². The van der Waals surface area contributed by atoms with Gasteiger partial charge in [0.15, 0.2) is 17.5 Å². The topological polar surface area (TPSA) is 74.8 Å². The van der Waals surface area contributed by atoms with Gasteiger partial charge in [-0.15, -0.1) is 0 Å². The Morgan fingerprint density at radius 3 is 2.70 bits per heavy atom. The van der Waals surface area contributed by atoms with E-state index in [1.54, 1.807) is 29.4 Å². The summed E-state index contributed by atoms with van der Waals surface area (Å²) >= 11 is 0. The first-order chi connectivity index (χ1) is 13.0. The SMILES string of the molecule is CC1(Cc2ccc(F)c(F)c2)CCN(c2nc(-c3ccncc3)n[nH]2)C1=O. The van der Waals surface area contributed by atoms with E-state index in [-0.39, 0.29) is 5.91 Å². The van der Waals surface area contributed by atoms with Crippen LogP contribution in [0.2, 0.25) is 0 Å². The number of H-pyrrole nitrogens is 1. The molecule has 1 unspecified atom stereocenters. The quantitative estimate of drug-likeness (QED) is 0.767. The van der Waals surface area contributed by atoms with Crippen molar-refractivity contribution < 1.29 is 13.6 Å². The summed E-state index contributed by atoms with van der Waals surface area (Å²) < 4.78 is 26.6. The van der Waals surface area contributed by atoms with Crippen LogP contribution in [0.15, 0.2) is 42.7 Å². The minimum atomic E-state index is -0.907. The van der Waals surface area contributed by atoms with Gasteiger partial charge in [0.2, 0.25) is 11.9 Å². The number of amides is 1. The molecule has 8 heteroatoms. The lowest BCUT2D eigenvalue weighted by Crippen LogP contribution is -2.34. The van der Waals surface area contributed by atoms with Crippen molar-refractivity contribution in [2.75, 3.05) is 11.4 Å². The van der Waals surface area contributed by atoms with E-state index in [1.807, 2.05) is 6.92 Å². The number of carbonyl (C=O) groups is 1. The van der Waals surface area contributed by atoms with Crippen LogP contribution in [0.5, 0.6) is 0 Å². The summed E-state index contributed by atoms with van der Waals surface area (Å²) in [5.74, 6) is -1.07. The van der Waals surface area contributed by atoms with Crippen LogP contribution in [-0.4, -0.2) is 32.6 Å². The van der Waals surface area contributed by atoms with Crippen LogP contribution in [0, 0.1) is 17.0 Å². The van der Waals surface area contributed by atoms with Crippen molar-refractivity contribution in [1.29, 1.82) is 0 Å². The number of hydrogen-bond acceptors (Lipinski definition) is 4. The maximum Gasteiger partial charge on any atom is 0.235 e. The second-order valence-corrected chi connectivity index (χ2v) is 6.91. The number of pyridine rings is 1. The Morgan fingerprint density at radius 1 is 1.19 bits per heavy atom. The third-order valence-electron chi connectivity index (χ3n) is 4.89. The van der Waals surface area contributed by atoms with Gasteiger partial charge in [0.25, 0.3) is 0 Å². The number of halogens is 2. The van der Waals surface area contributed by atoms with Gasteiger partial charge in [-0.25, -0.2) is 13.9 Å². The second kappa shape index (κ2) is 6.53. The van der Waals surface area contributed by atoms with Crippen molar-refractivity contribution in [1.82, 2.24) is 20.2 Å². The van der Waals surface area contributed by atoms with Gasteiger partial charge in [-0.3, -0.25) is 14.7 Å². The van der Waals surface area contributed by atoms with E-state index in [1.165, 1.54) is 6.07 Å². The highest BCUT2D eigenvalue weighted by Gasteiger charge is 2.44. The molecule has 1 fully saturated rings. The zero-order valence-electron chi connectivity index (χ0n) is 14.6. The lowest BCUT2D eigenvalue weighted by molar-refractivity contribution is -0.124. The minimum Gasteiger partial charge on any atom is -0.281 e. The van der Waals surface area contributed by atoms with Gasteiger partial charge in [0.1, 0.15) is 0 Å². The van der Waals surface area contributed by atoms with Gasteiger partial charge >= 0.3 is 0 Å². The van der Waals surface area contributed by atoms with Gasteiger partial charge < -0.3 is 0 Å². The number of rotatable bonds is 4. The lowest BCUT2D eigenvalue weighted by Gasteiger charge is -2.22. The van der Waals surface area contributed by atoms with Gasteiger partial charge in [0, 0.05) is 24.5 Å². The lowest BCUT2D eigenvalue weighted by atomic mass is 9.82. The third-order valence-corrected chi connectivity index (χ3v) is 4.89. The Morgan fingerprint density at radius 2 is 1.96 bits per heavy atom. The molecule has 3 heterocycles. The van der Waals surface area contributed by atoms with Crippen molar-refractivity contribution in [3.05, 3.63) is 59.9 Å². The van der Waals surface area contributed by atoms with Crippen LogP contribution in [0.1, 0.15) is 18.9 Å². The number of nitrogens with one attached hydrogen (secondary N) is 1. The van der Waals surface area contributed by atoms with Crippen LogP contribution in [-0.2, 0) is 11.2 Å². The van der Waals surface area contributed by atoms with Crippen LogP contribution < -0.4 is 4.90 Å². The summed E-state index contributed by atoms with van der Waals surface area (Å²) in [5.41, 5.74) is 0.666. The number of aromatic nitrogens is 4. The average molecular weight is 369 g/mol. The minimum absolute atomic E-state index is 0.121. The Balaban J connectivity index is 1.54. The highest BCUT2D eigenvalue weighted by atomic mass is 19.2. The molecule has 27 heavy (non-hydrogen) atoms. The first kappa shape index (κ1) is 17.3. The van der Waals surface area contributed by atoms with Gasteiger partial charge in [0.05, 0.1) is 5.41 Å². The predicted molar refractivity (Wildman–Crippen MR) is 94.8 cm³/mol. The highest BCUT2D eigenvalue weighted by molar-refractivity contribution is 5.98. The molecule has 0 saturated carbocycles. The Bertz CT molecular complexity index is 991. The predicted octanol–water partition coefficient (Wildman–Crippen LogP) is 3.13. The summed E-state index contributed by atoms with van der Waals surface area (Å²) in [6, 6.07) is 7.31. The van der Waals surface area contributed by atoms with E-state index in [9.17, 15) is 13.6 Å². The monoisotopic (exact) mass is 369 g/mol. The summed E-state index contributed by atoms with van der Waals surface area (Å²) in [4.78, 5) is 22.9. The maximum absolute atomic E-state index is 13.5. The fourth-order valence-corrected chi connectivity index (χ4v) is 3.36. The molecule has 2 aromatic heterocycles. The molecule has 4 rings (SSSR count). The molecule has 1 aliphatic rings. The molecule has 1 aromatic carbocycles. The van der Waals surface area contributed by atoms with E-state index in [2.05, 4.69) is 20.2 Å². The van der Waals surface area contributed by atoms with Crippen LogP contribution >= 0.6 is 0 Å². The van der Waals surface area contributed by atoms with Gasteiger partial charge in [-0.1, -0.05) is 13.0 Å². The molecule has 1 saturated heterocycles. The zero-order valence-corrected chi connectivity index (χ0v) is 14.6. The molecule has 138 valence electrons. The number of anilines is 1. The van der Waals surface area contributed by atoms with Crippen LogP contribution in [0.3, 0.4) is 0 Å². The smallest absolute Gasteiger partial charge is 0.235 e. The van der Waals surface area contributed by atoms with Crippen molar-refractivity contribution in [3.8, 4) is 11.4 Å². The first-order valence-electron chi connectivity index (χ1n) is 8.55. The normalized spacial score (nSPS) is 19.7. The molecule has 0 aliphatic carbocycles. The summed E-state index contributed by atoms with van der Waals surface area (Å²) in [6.45, 7) is 2.31. The number of hydrogen-bond donors (Lipinski definition) is 1. The molecule has 1 atom stereocenters. The summed E-state index contributed by atoms with van der Waals surface area (Å²) in [5, 5.41) is 6.98. The van der Waals surface area contributed by atoms with Crippen molar-refractivity contribution in [2.45, 2.75) is 19.8 Å². The van der Waals surface area contributed by atoms with Crippen LogP contribution in [0.25, 0.3) is 11.4 Å². The van der Waals surface area contributed by atoms with Crippen LogP contribution in [0.4, 0.5) is 14.7 Å². The first-order valence-corrected chi connectivity index (χ1v) is 8.55. The van der Waals surface area contributed by atoms with E-state index in [0.29, 0.717) is 36.7 Å². The molecule has 6 nitrogen and oxygen atoms in total. The fourth-order valence-electron chi connectivity index (χ4n) is 3.36. The van der Waals surface area contributed by atoms with E-state index in [0.717, 1.165) is 17.7 Å². The third kappa shape index (κ3) is 3.18. The zero-order chi connectivity index (χ0) is 19.0. The van der Waals surface area contributed by atoms with Gasteiger partial charge in [-0.2, -0.15) is 10.1 Å². The molecule has 0 radical (unpaired) electrons. The molecule has 3 aromatic rings. The number of aromatic amines is 1. The Labute approximate surface area is 154 Å². The standard InChI is InChI=1S/C19H17F2N5O/c1-19(11-12-2-3-14(20)15(21)10-12)6-9-26(17(19)27)18-23-16(24-25-18)13-4-7-22-8-5-13/h2-5,7-8,10H,6,9,11H2,1H3,(H,23,24,25). The maximum atomic E-state index is 13.5. The average Bonchev–Trinajstić information content (AvgIpc) is 3.25. The van der Waals surface area contributed by atoms with E-state index >= 15 is 0 Å². The Hall–Kier alpha value is -3.16.